The van der Waals surface area contributed by atoms with Crippen molar-refractivity contribution in [3.63, 3.8) is 0 Å². The van der Waals surface area contributed by atoms with E-state index in [-0.39, 0.29) is 11.9 Å². The lowest BCUT2D eigenvalue weighted by atomic mass is 9.93. The first-order valence-electron chi connectivity index (χ1n) is 10.9. The molecule has 1 saturated heterocycles. The van der Waals surface area contributed by atoms with Gasteiger partial charge in [0.1, 0.15) is 0 Å². The van der Waals surface area contributed by atoms with Gasteiger partial charge in [0, 0.05) is 50.0 Å². The van der Waals surface area contributed by atoms with E-state index in [1.165, 1.54) is 11.3 Å². The standard InChI is InChI=1S/C25H35N3O/c1-19(2)24(20(3)4)26-25(29)22-12-10-21(11-13-22)18-27-14-16-28(17-15-27)23-8-6-5-7-9-23/h5-13,19-20,24H,14-18H2,1-4H3,(H,26,29). The molecule has 0 radical (unpaired) electrons. The van der Waals surface area contributed by atoms with Gasteiger partial charge in [-0.3, -0.25) is 9.69 Å². The molecule has 1 fully saturated rings. The summed E-state index contributed by atoms with van der Waals surface area (Å²) in [6.07, 6.45) is 0. The number of carbonyl (C=O) groups is 1. The van der Waals surface area contributed by atoms with Crippen molar-refractivity contribution < 1.29 is 4.79 Å². The van der Waals surface area contributed by atoms with Crippen molar-refractivity contribution in [3.05, 3.63) is 65.7 Å². The van der Waals surface area contributed by atoms with Crippen LogP contribution in [0.5, 0.6) is 0 Å². The van der Waals surface area contributed by atoms with Gasteiger partial charge in [-0.1, -0.05) is 58.0 Å². The number of carbonyl (C=O) groups excluding carboxylic acids is 1. The van der Waals surface area contributed by atoms with Crippen LogP contribution in [0, 0.1) is 11.8 Å². The molecule has 4 nitrogen and oxygen atoms in total. The van der Waals surface area contributed by atoms with Crippen molar-refractivity contribution in [1.82, 2.24) is 10.2 Å². The number of amides is 1. The van der Waals surface area contributed by atoms with Crippen molar-refractivity contribution >= 4 is 11.6 Å². The molecule has 2 aromatic rings. The van der Waals surface area contributed by atoms with Crippen molar-refractivity contribution in [2.24, 2.45) is 11.8 Å². The van der Waals surface area contributed by atoms with Crippen LogP contribution in [0.4, 0.5) is 5.69 Å². The van der Waals surface area contributed by atoms with E-state index in [0.29, 0.717) is 11.8 Å². The first kappa shape index (κ1) is 21.4. The van der Waals surface area contributed by atoms with Crippen LogP contribution in [0.1, 0.15) is 43.6 Å². The van der Waals surface area contributed by atoms with Crippen LogP contribution in [0.15, 0.2) is 54.6 Å². The molecule has 0 bridgehead atoms. The third kappa shape index (κ3) is 5.83. The molecule has 0 aliphatic carbocycles. The number of rotatable bonds is 7. The van der Waals surface area contributed by atoms with Crippen molar-refractivity contribution in [1.29, 1.82) is 0 Å². The molecule has 4 heteroatoms. The second-order valence-electron chi connectivity index (χ2n) is 8.78. The summed E-state index contributed by atoms with van der Waals surface area (Å²) in [6, 6.07) is 18.9. The van der Waals surface area contributed by atoms with Gasteiger partial charge < -0.3 is 10.2 Å². The molecule has 156 valence electrons. The Hall–Kier alpha value is -2.33. The quantitative estimate of drug-likeness (QED) is 0.756. The number of para-hydroxylation sites is 1. The minimum atomic E-state index is 0.0282. The average molecular weight is 394 g/mol. The Kier molecular flexibility index (Phi) is 7.32. The van der Waals surface area contributed by atoms with Crippen LogP contribution in [0.3, 0.4) is 0 Å². The van der Waals surface area contributed by atoms with Crippen LogP contribution in [-0.4, -0.2) is 43.0 Å². The van der Waals surface area contributed by atoms with E-state index in [4.69, 9.17) is 0 Å². The zero-order valence-corrected chi connectivity index (χ0v) is 18.3. The summed E-state index contributed by atoms with van der Waals surface area (Å²) in [4.78, 5) is 17.5. The molecular weight excluding hydrogens is 358 g/mol. The van der Waals surface area contributed by atoms with Gasteiger partial charge in [-0.15, -0.1) is 0 Å². The van der Waals surface area contributed by atoms with Crippen molar-refractivity contribution in [2.45, 2.75) is 40.3 Å². The Balaban J connectivity index is 1.51. The summed E-state index contributed by atoms with van der Waals surface area (Å²) < 4.78 is 0. The molecule has 1 aliphatic rings. The van der Waals surface area contributed by atoms with E-state index < -0.39 is 0 Å². The van der Waals surface area contributed by atoms with Crippen LogP contribution in [0.25, 0.3) is 0 Å². The fraction of sp³-hybridized carbons (Fsp3) is 0.480. The summed E-state index contributed by atoms with van der Waals surface area (Å²) in [6.45, 7) is 13.8. The maximum absolute atomic E-state index is 12.6. The van der Waals surface area contributed by atoms with E-state index in [1.54, 1.807) is 0 Å². The Morgan fingerprint density at radius 2 is 1.45 bits per heavy atom. The fourth-order valence-electron chi connectivity index (χ4n) is 4.16. The van der Waals surface area contributed by atoms with Gasteiger partial charge in [-0.2, -0.15) is 0 Å². The van der Waals surface area contributed by atoms with Crippen molar-refractivity contribution in [2.75, 3.05) is 31.1 Å². The molecular formula is C25H35N3O. The number of hydrogen-bond donors (Lipinski definition) is 1. The maximum Gasteiger partial charge on any atom is 0.251 e. The molecule has 0 atom stereocenters. The number of nitrogens with zero attached hydrogens (tertiary/aromatic N) is 2. The molecule has 0 spiro atoms. The molecule has 29 heavy (non-hydrogen) atoms. The minimum absolute atomic E-state index is 0.0282. The van der Waals surface area contributed by atoms with E-state index in [1.807, 2.05) is 12.1 Å². The highest BCUT2D eigenvalue weighted by atomic mass is 16.1. The van der Waals surface area contributed by atoms with Gasteiger partial charge in [0.2, 0.25) is 0 Å². The number of benzene rings is 2. The Morgan fingerprint density at radius 1 is 0.862 bits per heavy atom. The Bertz CT molecular complexity index is 754. The zero-order chi connectivity index (χ0) is 20.8. The summed E-state index contributed by atoms with van der Waals surface area (Å²) in [7, 11) is 0. The first-order valence-corrected chi connectivity index (χ1v) is 10.9. The monoisotopic (exact) mass is 393 g/mol. The molecule has 0 aromatic heterocycles. The smallest absolute Gasteiger partial charge is 0.251 e. The van der Waals surface area contributed by atoms with E-state index in [0.717, 1.165) is 38.3 Å². The van der Waals surface area contributed by atoms with E-state index in [9.17, 15) is 4.79 Å². The van der Waals surface area contributed by atoms with Gasteiger partial charge in [0.25, 0.3) is 5.91 Å². The van der Waals surface area contributed by atoms with Gasteiger partial charge in [0.05, 0.1) is 0 Å². The summed E-state index contributed by atoms with van der Waals surface area (Å²) >= 11 is 0. The summed E-state index contributed by atoms with van der Waals surface area (Å²) in [5, 5.41) is 3.20. The highest BCUT2D eigenvalue weighted by molar-refractivity contribution is 5.94. The number of hydrogen-bond acceptors (Lipinski definition) is 3. The predicted octanol–water partition coefficient (Wildman–Crippen LogP) is 4.42. The second kappa shape index (κ2) is 9.93. The third-order valence-electron chi connectivity index (χ3n) is 5.85. The number of nitrogens with one attached hydrogen (secondary N) is 1. The van der Waals surface area contributed by atoms with Crippen LogP contribution >= 0.6 is 0 Å². The van der Waals surface area contributed by atoms with Crippen LogP contribution in [-0.2, 0) is 6.54 Å². The molecule has 1 heterocycles. The molecule has 0 unspecified atom stereocenters. The zero-order valence-electron chi connectivity index (χ0n) is 18.3. The number of piperazine rings is 1. The van der Waals surface area contributed by atoms with Gasteiger partial charge in [-0.25, -0.2) is 0 Å². The SMILES string of the molecule is CC(C)C(NC(=O)c1ccc(CN2CCN(c3ccccc3)CC2)cc1)C(C)C. The van der Waals surface area contributed by atoms with Gasteiger partial charge >= 0.3 is 0 Å². The highest BCUT2D eigenvalue weighted by Gasteiger charge is 2.21. The predicted molar refractivity (Wildman–Crippen MR) is 121 cm³/mol. The van der Waals surface area contributed by atoms with E-state index in [2.05, 4.69) is 85.3 Å². The third-order valence-corrected chi connectivity index (χ3v) is 5.85. The van der Waals surface area contributed by atoms with Gasteiger partial charge in [0.15, 0.2) is 0 Å². The molecule has 1 amide bonds. The molecule has 1 aliphatic heterocycles. The largest absolute Gasteiger partial charge is 0.369 e. The molecule has 1 N–H and O–H groups in total. The lowest BCUT2D eigenvalue weighted by molar-refractivity contribution is 0.0910. The average Bonchev–Trinajstić information content (AvgIpc) is 2.73. The fourth-order valence-corrected chi connectivity index (χ4v) is 4.16. The highest BCUT2D eigenvalue weighted by Crippen LogP contribution is 2.17. The van der Waals surface area contributed by atoms with Gasteiger partial charge in [-0.05, 0) is 41.7 Å². The molecule has 3 rings (SSSR count). The van der Waals surface area contributed by atoms with E-state index >= 15 is 0 Å². The first-order chi connectivity index (χ1) is 13.9. The summed E-state index contributed by atoms with van der Waals surface area (Å²) in [5.41, 5.74) is 3.32. The Morgan fingerprint density at radius 3 is 2.00 bits per heavy atom. The Labute approximate surface area is 175 Å². The lowest BCUT2D eigenvalue weighted by Gasteiger charge is -2.36. The lowest BCUT2D eigenvalue weighted by Crippen LogP contribution is -2.45. The normalized spacial score (nSPS) is 15.3. The molecule has 2 aromatic carbocycles. The maximum atomic E-state index is 12.6. The van der Waals surface area contributed by atoms with Crippen molar-refractivity contribution in [3.8, 4) is 0 Å². The number of anilines is 1. The van der Waals surface area contributed by atoms with Crippen LogP contribution in [0.2, 0.25) is 0 Å². The molecule has 0 saturated carbocycles. The summed E-state index contributed by atoms with van der Waals surface area (Å²) in [5.74, 6) is 0.876. The van der Waals surface area contributed by atoms with Crippen LogP contribution < -0.4 is 10.2 Å². The topological polar surface area (TPSA) is 35.6 Å². The second-order valence-corrected chi connectivity index (χ2v) is 8.78. The minimum Gasteiger partial charge on any atom is -0.369 e.